The number of aryl methyl sites for hydroxylation is 1. The third-order valence-electron chi connectivity index (χ3n) is 5.71. The summed E-state index contributed by atoms with van der Waals surface area (Å²) in [4.78, 5) is 40.6. The van der Waals surface area contributed by atoms with Crippen LogP contribution in [-0.4, -0.2) is 70.7 Å². The zero-order chi connectivity index (χ0) is 24.1. The van der Waals surface area contributed by atoms with Gasteiger partial charge in [-0.25, -0.2) is 9.07 Å². The van der Waals surface area contributed by atoms with Gasteiger partial charge in [-0.3, -0.25) is 14.4 Å². The van der Waals surface area contributed by atoms with Gasteiger partial charge in [0.25, 0.3) is 5.91 Å². The molecule has 3 rings (SSSR count). The minimum atomic E-state index is -0.405. The molecule has 1 aliphatic rings. The number of likely N-dealkylation sites (tertiary alicyclic amines) is 1. The molecule has 0 aliphatic carbocycles. The van der Waals surface area contributed by atoms with Gasteiger partial charge in [0, 0.05) is 20.1 Å². The maximum absolute atomic E-state index is 13.1. The van der Waals surface area contributed by atoms with Crippen molar-refractivity contribution in [3.8, 4) is 0 Å². The van der Waals surface area contributed by atoms with Crippen LogP contribution < -0.4 is 0 Å². The van der Waals surface area contributed by atoms with Crippen molar-refractivity contribution >= 4 is 29.4 Å². The van der Waals surface area contributed by atoms with E-state index in [2.05, 4.69) is 5.10 Å². The predicted molar refractivity (Wildman–Crippen MR) is 120 cm³/mol. The third kappa shape index (κ3) is 5.90. The molecule has 0 saturated carbocycles. The highest BCUT2D eigenvalue weighted by molar-refractivity contribution is 6.33. The van der Waals surface area contributed by atoms with Crippen molar-refractivity contribution in [2.45, 2.75) is 33.2 Å². The number of piperidine rings is 1. The Morgan fingerprint density at radius 1 is 1.21 bits per heavy atom. The van der Waals surface area contributed by atoms with E-state index in [0.717, 1.165) is 5.56 Å². The van der Waals surface area contributed by atoms with Gasteiger partial charge >= 0.3 is 5.97 Å². The number of likely N-dealkylation sites (N-methyl/N-ethyl adjacent to an activating group) is 1. The van der Waals surface area contributed by atoms with Gasteiger partial charge in [-0.15, -0.1) is 0 Å². The molecule has 8 nitrogen and oxygen atoms in total. The summed E-state index contributed by atoms with van der Waals surface area (Å²) >= 11 is 6.45. The molecule has 1 saturated heterocycles. The van der Waals surface area contributed by atoms with Crippen LogP contribution in [0.25, 0.3) is 0 Å². The summed E-state index contributed by atoms with van der Waals surface area (Å²) in [5.74, 6) is -1.35. The number of rotatable bonds is 7. The van der Waals surface area contributed by atoms with E-state index in [0.29, 0.717) is 38.2 Å². The van der Waals surface area contributed by atoms with Crippen molar-refractivity contribution < 1.29 is 23.5 Å². The van der Waals surface area contributed by atoms with Crippen LogP contribution >= 0.6 is 11.6 Å². The molecule has 0 spiro atoms. The predicted octanol–water partition coefficient (Wildman–Crippen LogP) is 2.91. The topological polar surface area (TPSA) is 84.7 Å². The monoisotopic (exact) mass is 478 g/mol. The first kappa shape index (κ1) is 24.7. The normalized spacial score (nSPS) is 14.3. The van der Waals surface area contributed by atoms with E-state index < -0.39 is 5.91 Å². The Kier molecular flexibility index (Phi) is 8.07. The van der Waals surface area contributed by atoms with Crippen molar-refractivity contribution in [3.63, 3.8) is 0 Å². The molecule has 2 heterocycles. The number of carbonyl (C=O) groups excluding carboxylic acids is 3. The molecule has 1 aromatic carbocycles. The maximum atomic E-state index is 13.1. The zero-order valence-corrected chi connectivity index (χ0v) is 19.8. The number of aromatic nitrogens is 2. The second-order valence-electron chi connectivity index (χ2n) is 8.10. The molecule has 0 unspecified atom stereocenters. The summed E-state index contributed by atoms with van der Waals surface area (Å²) in [6.45, 7) is 4.85. The van der Waals surface area contributed by atoms with Crippen molar-refractivity contribution in [2.24, 2.45) is 5.92 Å². The van der Waals surface area contributed by atoms with E-state index in [1.54, 1.807) is 37.9 Å². The number of nitrogens with zero attached hydrogens (tertiary/aromatic N) is 4. The van der Waals surface area contributed by atoms with Crippen molar-refractivity contribution in [1.29, 1.82) is 0 Å². The Morgan fingerprint density at radius 2 is 1.85 bits per heavy atom. The molecule has 1 fully saturated rings. The molecule has 1 aromatic heterocycles. The first-order valence-corrected chi connectivity index (χ1v) is 11.3. The minimum absolute atomic E-state index is 0.109. The number of halogens is 2. The molecule has 2 aromatic rings. The number of benzene rings is 1. The number of hydrogen-bond donors (Lipinski definition) is 0. The van der Waals surface area contributed by atoms with Crippen molar-refractivity contribution in [3.05, 3.63) is 52.1 Å². The molecular weight excluding hydrogens is 451 g/mol. The Morgan fingerprint density at radius 3 is 2.45 bits per heavy atom. The SMILES string of the molecule is CCOC(=O)C1CCN(C(=O)CN(C)C(=O)c2c(C)nn(Cc3ccc(F)cc3)c2Cl)CC1. The zero-order valence-electron chi connectivity index (χ0n) is 19.0. The Hall–Kier alpha value is -2.94. The summed E-state index contributed by atoms with van der Waals surface area (Å²) in [6.07, 6.45) is 1.09. The summed E-state index contributed by atoms with van der Waals surface area (Å²) in [5, 5.41) is 4.51. The first-order chi connectivity index (χ1) is 15.7. The lowest BCUT2D eigenvalue weighted by Crippen LogP contribution is -2.45. The lowest BCUT2D eigenvalue weighted by atomic mass is 9.97. The Bertz CT molecular complexity index is 1020. The van der Waals surface area contributed by atoms with E-state index in [1.807, 2.05) is 0 Å². The molecule has 33 heavy (non-hydrogen) atoms. The molecule has 0 radical (unpaired) electrons. The number of hydrogen-bond acceptors (Lipinski definition) is 5. The van der Waals surface area contributed by atoms with Crippen LogP contribution in [0.1, 0.15) is 41.4 Å². The number of ether oxygens (including phenoxy) is 1. The minimum Gasteiger partial charge on any atom is -0.466 e. The van der Waals surface area contributed by atoms with Crippen molar-refractivity contribution in [1.82, 2.24) is 19.6 Å². The van der Waals surface area contributed by atoms with Crippen LogP contribution in [0.3, 0.4) is 0 Å². The third-order valence-corrected chi connectivity index (χ3v) is 6.10. The van der Waals surface area contributed by atoms with E-state index in [-0.39, 0.29) is 47.4 Å². The highest BCUT2D eigenvalue weighted by atomic mass is 35.5. The quantitative estimate of drug-likeness (QED) is 0.571. The molecule has 10 heteroatoms. The summed E-state index contributed by atoms with van der Waals surface area (Å²) in [5.41, 5.74) is 1.46. The van der Waals surface area contributed by atoms with Crippen LogP contribution in [0.5, 0.6) is 0 Å². The van der Waals surface area contributed by atoms with Gasteiger partial charge in [-0.1, -0.05) is 23.7 Å². The fourth-order valence-corrected chi connectivity index (χ4v) is 4.17. The van der Waals surface area contributed by atoms with Gasteiger partial charge in [0.15, 0.2) is 0 Å². The van der Waals surface area contributed by atoms with Crippen LogP contribution in [0.2, 0.25) is 5.15 Å². The fourth-order valence-electron chi connectivity index (χ4n) is 3.85. The van der Waals surface area contributed by atoms with Crippen LogP contribution in [0, 0.1) is 18.7 Å². The second-order valence-corrected chi connectivity index (χ2v) is 8.46. The lowest BCUT2D eigenvalue weighted by Gasteiger charge is -2.32. The van der Waals surface area contributed by atoms with E-state index >= 15 is 0 Å². The molecule has 0 N–H and O–H groups in total. The van der Waals surface area contributed by atoms with E-state index in [4.69, 9.17) is 16.3 Å². The van der Waals surface area contributed by atoms with Gasteiger partial charge in [-0.05, 0) is 44.4 Å². The fraction of sp³-hybridized carbons (Fsp3) is 0.478. The van der Waals surface area contributed by atoms with Crippen LogP contribution in [0.4, 0.5) is 4.39 Å². The average Bonchev–Trinajstić information content (AvgIpc) is 3.07. The molecule has 0 atom stereocenters. The summed E-state index contributed by atoms with van der Waals surface area (Å²) < 4.78 is 19.7. The first-order valence-electron chi connectivity index (χ1n) is 10.9. The number of esters is 1. The van der Waals surface area contributed by atoms with Gasteiger partial charge in [-0.2, -0.15) is 5.10 Å². The Labute approximate surface area is 197 Å². The summed E-state index contributed by atoms with van der Waals surface area (Å²) in [7, 11) is 1.54. The van der Waals surface area contributed by atoms with E-state index in [9.17, 15) is 18.8 Å². The largest absolute Gasteiger partial charge is 0.466 e. The van der Waals surface area contributed by atoms with Gasteiger partial charge < -0.3 is 14.5 Å². The van der Waals surface area contributed by atoms with Crippen LogP contribution in [-0.2, 0) is 20.9 Å². The smallest absolute Gasteiger partial charge is 0.309 e. The molecule has 0 bridgehead atoms. The number of amides is 2. The lowest BCUT2D eigenvalue weighted by molar-refractivity contribution is -0.151. The van der Waals surface area contributed by atoms with E-state index in [1.165, 1.54) is 21.7 Å². The summed E-state index contributed by atoms with van der Waals surface area (Å²) in [6, 6.07) is 5.95. The number of carbonyl (C=O) groups is 3. The van der Waals surface area contributed by atoms with Gasteiger partial charge in [0.1, 0.15) is 11.0 Å². The van der Waals surface area contributed by atoms with Gasteiger partial charge in [0.05, 0.1) is 36.9 Å². The molecular formula is C23H28ClFN4O4. The average molecular weight is 479 g/mol. The van der Waals surface area contributed by atoms with Crippen molar-refractivity contribution in [2.75, 3.05) is 33.3 Å². The maximum Gasteiger partial charge on any atom is 0.309 e. The molecule has 1 aliphatic heterocycles. The highest BCUT2D eigenvalue weighted by Gasteiger charge is 2.30. The molecule has 2 amide bonds. The standard InChI is InChI=1S/C23H28ClFN4O4/c1-4-33-23(32)17-9-11-28(12-10-17)19(30)14-27(3)22(31)20-15(2)26-29(21(20)24)13-16-5-7-18(25)8-6-16/h5-8,17H,4,9-14H2,1-3H3. The highest BCUT2D eigenvalue weighted by Crippen LogP contribution is 2.23. The second kappa shape index (κ2) is 10.8. The van der Waals surface area contributed by atoms with Crippen LogP contribution in [0.15, 0.2) is 24.3 Å². The van der Waals surface area contributed by atoms with Gasteiger partial charge in [0.2, 0.25) is 5.91 Å². The molecule has 178 valence electrons. The Balaban J connectivity index is 1.61.